The average Bonchev–Trinajstić information content (AvgIpc) is 2.81. The Kier molecular flexibility index (Phi) is 6.27. The first kappa shape index (κ1) is 19.3. The molecule has 1 aromatic rings. The van der Waals surface area contributed by atoms with Gasteiger partial charge >= 0.3 is 0 Å². The molecule has 0 unspecified atom stereocenters. The molecular weight excluding hydrogens is 395 g/mol. The van der Waals surface area contributed by atoms with Crippen LogP contribution in [0.1, 0.15) is 31.2 Å². The van der Waals surface area contributed by atoms with E-state index in [0.29, 0.717) is 28.7 Å². The van der Waals surface area contributed by atoms with Crippen molar-refractivity contribution in [2.24, 2.45) is 0 Å². The summed E-state index contributed by atoms with van der Waals surface area (Å²) >= 11 is 12.8. The molecule has 2 aliphatic rings. The molecule has 0 aromatic heterocycles. The molecular formula is C18H18Cl2N2O3S. The second-order valence-electron chi connectivity index (χ2n) is 6.23. The van der Waals surface area contributed by atoms with E-state index in [2.05, 4.69) is 0 Å². The van der Waals surface area contributed by atoms with Crippen LogP contribution < -0.4 is 0 Å². The third kappa shape index (κ3) is 4.42. The maximum atomic E-state index is 12.6. The van der Waals surface area contributed by atoms with Crippen LogP contribution >= 0.6 is 35.0 Å². The number of carbonyl (C=O) groups is 3. The van der Waals surface area contributed by atoms with E-state index in [1.54, 1.807) is 29.2 Å². The Bertz CT molecular complexity index is 774. The van der Waals surface area contributed by atoms with Gasteiger partial charge in [0, 0.05) is 23.1 Å². The predicted octanol–water partition coefficient (Wildman–Crippen LogP) is 4.43. The summed E-state index contributed by atoms with van der Waals surface area (Å²) in [4.78, 5) is 40.2. The van der Waals surface area contributed by atoms with E-state index < -0.39 is 11.1 Å². The summed E-state index contributed by atoms with van der Waals surface area (Å²) in [5.74, 6) is -0.644. The van der Waals surface area contributed by atoms with Gasteiger partial charge in [-0.1, -0.05) is 42.1 Å². The largest absolute Gasteiger partial charge is 0.341 e. The third-order valence-electron chi connectivity index (χ3n) is 4.37. The molecule has 2 saturated heterocycles. The van der Waals surface area contributed by atoms with Gasteiger partial charge in [-0.25, -0.2) is 0 Å². The summed E-state index contributed by atoms with van der Waals surface area (Å²) in [5.41, 5.74) is 0.598. The normalized spacial score (nSPS) is 20.0. The first-order chi connectivity index (χ1) is 12.5. The van der Waals surface area contributed by atoms with Gasteiger partial charge in [-0.05, 0) is 48.4 Å². The molecule has 0 spiro atoms. The second kappa shape index (κ2) is 8.46. The molecule has 0 aliphatic carbocycles. The van der Waals surface area contributed by atoms with Crippen LogP contribution in [0.5, 0.6) is 0 Å². The van der Waals surface area contributed by atoms with Crippen molar-refractivity contribution < 1.29 is 14.4 Å². The van der Waals surface area contributed by atoms with Crippen molar-refractivity contribution in [1.29, 1.82) is 0 Å². The van der Waals surface area contributed by atoms with Crippen molar-refractivity contribution in [3.63, 3.8) is 0 Å². The van der Waals surface area contributed by atoms with E-state index >= 15 is 0 Å². The van der Waals surface area contributed by atoms with Gasteiger partial charge in [0.2, 0.25) is 5.91 Å². The third-order valence-corrected chi connectivity index (χ3v) is 5.84. The van der Waals surface area contributed by atoms with Crippen LogP contribution in [0, 0.1) is 0 Å². The highest BCUT2D eigenvalue weighted by molar-refractivity contribution is 8.18. The highest BCUT2D eigenvalue weighted by Crippen LogP contribution is 2.34. The zero-order chi connectivity index (χ0) is 18.7. The van der Waals surface area contributed by atoms with Gasteiger partial charge in [0.15, 0.2) is 0 Å². The Morgan fingerprint density at radius 1 is 1.12 bits per heavy atom. The molecule has 2 aliphatic heterocycles. The minimum atomic E-state index is -0.464. The van der Waals surface area contributed by atoms with E-state index in [-0.39, 0.29) is 17.4 Å². The van der Waals surface area contributed by atoms with Gasteiger partial charge < -0.3 is 4.90 Å². The van der Waals surface area contributed by atoms with Crippen LogP contribution in [-0.4, -0.2) is 46.5 Å². The van der Waals surface area contributed by atoms with Crippen molar-refractivity contribution in [3.05, 3.63) is 38.7 Å². The Labute approximate surface area is 166 Å². The zero-order valence-corrected chi connectivity index (χ0v) is 16.4. The minimum Gasteiger partial charge on any atom is -0.341 e. The Morgan fingerprint density at radius 2 is 1.81 bits per heavy atom. The number of rotatable bonds is 3. The lowest BCUT2D eigenvalue weighted by Crippen LogP contribution is -2.42. The van der Waals surface area contributed by atoms with Crippen molar-refractivity contribution in [1.82, 2.24) is 9.80 Å². The summed E-state index contributed by atoms with van der Waals surface area (Å²) < 4.78 is 0. The fourth-order valence-corrected chi connectivity index (χ4v) is 4.24. The molecule has 0 atom stereocenters. The van der Waals surface area contributed by atoms with Crippen LogP contribution in [0.4, 0.5) is 4.79 Å². The summed E-state index contributed by atoms with van der Waals surface area (Å²) in [6.07, 6.45) is 5.69. The van der Waals surface area contributed by atoms with Gasteiger partial charge in [0.1, 0.15) is 6.54 Å². The van der Waals surface area contributed by atoms with E-state index in [1.165, 1.54) is 0 Å². The molecule has 5 nitrogen and oxygen atoms in total. The molecule has 0 bridgehead atoms. The van der Waals surface area contributed by atoms with Crippen molar-refractivity contribution >= 4 is 58.1 Å². The molecule has 0 N–H and O–H groups in total. The number of hydrogen-bond acceptors (Lipinski definition) is 4. The highest BCUT2D eigenvalue weighted by Gasteiger charge is 2.37. The molecule has 8 heteroatoms. The van der Waals surface area contributed by atoms with Crippen LogP contribution in [0.25, 0.3) is 6.08 Å². The molecule has 2 fully saturated rings. The molecule has 2 heterocycles. The standard InChI is InChI=1S/C18H18Cl2N2O3S/c19-13-6-5-12(14(20)10-13)9-15-17(24)22(18(25)26-15)11-16(23)21-7-3-1-2-4-8-21/h5-6,9-10H,1-4,7-8,11H2/b15-9-. The predicted molar refractivity (Wildman–Crippen MR) is 104 cm³/mol. The lowest BCUT2D eigenvalue weighted by molar-refractivity contribution is -0.135. The second-order valence-corrected chi connectivity index (χ2v) is 8.07. The first-order valence-corrected chi connectivity index (χ1v) is 10.0. The van der Waals surface area contributed by atoms with Crippen LogP contribution in [0.2, 0.25) is 10.0 Å². The van der Waals surface area contributed by atoms with Gasteiger partial charge in [-0.15, -0.1) is 0 Å². The lowest BCUT2D eigenvalue weighted by atomic mass is 10.2. The number of nitrogens with zero attached hydrogens (tertiary/aromatic N) is 2. The fraction of sp³-hybridized carbons (Fsp3) is 0.389. The van der Waals surface area contributed by atoms with Crippen molar-refractivity contribution in [2.75, 3.05) is 19.6 Å². The maximum absolute atomic E-state index is 12.6. The number of imide groups is 1. The number of thioether (sulfide) groups is 1. The number of carbonyl (C=O) groups excluding carboxylic acids is 3. The van der Waals surface area contributed by atoms with Crippen LogP contribution in [0.3, 0.4) is 0 Å². The average molecular weight is 413 g/mol. The van der Waals surface area contributed by atoms with Gasteiger partial charge in [0.05, 0.1) is 4.91 Å². The summed E-state index contributed by atoms with van der Waals surface area (Å²) in [6.45, 7) is 1.16. The minimum absolute atomic E-state index is 0.181. The lowest BCUT2D eigenvalue weighted by Gasteiger charge is -2.22. The van der Waals surface area contributed by atoms with Crippen LogP contribution in [0.15, 0.2) is 23.1 Å². The smallest absolute Gasteiger partial charge is 0.294 e. The Hall–Kier alpha value is -1.50. The summed E-state index contributed by atoms with van der Waals surface area (Å²) in [7, 11) is 0. The van der Waals surface area contributed by atoms with E-state index in [4.69, 9.17) is 23.2 Å². The van der Waals surface area contributed by atoms with Crippen molar-refractivity contribution in [2.45, 2.75) is 25.7 Å². The summed E-state index contributed by atoms with van der Waals surface area (Å²) in [6, 6.07) is 4.91. The number of halogens is 2. The molecule has 138 valence electrons. The van der Waals surface area contributed by atoms with Gasteiger partial charge in [-0.3, -0.25) is 19.3 Å². The van der Waals surface area contributed by atoms with E-state index in [9.17, 15) is 14.4 Å². The maximum Gasteiger partial charge on any atom is 0.294 e. The molecule has 1 aromatic carbocycles. The Balaban J connectivity index is 1.72. The summed E-state index contributed by atoms with van der Waals surface area (Å²) in [5, 5.41) is 0.447. The van der Waals surface area contributed by atoms with Crippen LogP contribution in [-0.2, 0) is 9.59 Å². The SMILES string of the molecule is O=C(CN1C(=O)S/C(=C\c2ccc(Cl)cc2Cl)C1=O)N1CCCCCC1. The van der Waals surface area contributed by atoms with E-state index in [0.717, 1.165) is 42.3 Å². The number of likely N-dealkylation sites (tertiary alicyclic amines) is 1. The molecule has 0 radical (unpaired) electrons. The highest BCUT2D eigenvalue weighted by atomic mass is 35.5. The number of hydrogen-bond donors (Lipinski definition) is 0. The number of benzene rings is 1. The Morgan fingerprint density at radius 3 is 2.46 bits per heavy atom. The topological polar surface area (TPSA) is 57.7 Å². The number of amides is 3. The van der Waals surface area contributed by atoms with E-state index in [1.807, 2.05) is 0 Å². The molecule has 26 heavy (non-hydrogen) atoms. The molecule has 3 rings (SSSR count). The van der Waals surface area contributed by atoms with Gasteiger partial charge in [0.25, 0.3) is 11.1 Å². The fourth-order valence-electron chi connectivity index (χ4n) is 2.95. The molecule has 3 amide bonds. The quantitative estimate of drug-likeness (QED) is 0.688. The van der Waals surface area contributed by atoms with Crippen molar-refractivity contribution in [3.8, 4) is 0 Å². The first-order valence-electron chi connectivity index (χ1n) is 8.44. The molecule has 0 saturated carbocycles. The monoisotopic (exact) mass is 412 g/mol. The van der Waals surface area contributed by atoms with Gasteiger partial charge in [-0.2, -0.15) is 0 Å². The zero-order valence-electron chi connectivity index (χ0n) is 14.0.